The first kappa shape index (κ1) is 13.0. The number of piperazine rings is 1. The van der Waals surface area contributed by atoms with Gasteiger partial charge in [0.05, 0.1) is 0 Å². The molecule has 5 nitrogen and oxygen atoms in total. The minimum Gasteiger partial charge on any atom is -0.313 e. The summed E-state index contributed by atoms with van der Waals surface area (Å²) in [4.78, 5) is 15.9. The Bertz CT molecular complexity index is 553. The topological polar surface area (TPSA) is 35.0 Å². The molecule has 3 fully saturated rings. The third-order valence-corrected chi connectivity index (χ3v) is 4.84. The molecule has 3 saturated heterocycles. The summed E-state index contributed by atoms with van der Waals surface area (Å²) in [6.45, 7) is 4.06. The zero-order chi connectivity index (χ0) is 14.2. The second-order valence-corrected chi connectivity index (χ2v) is 6.21. The van der Waals surface area contributed by atoms with Gasteiger partial charge in [-0.25, -0.2) is 4.98 Å². The number of hydrogen-bond donors (Lipinski definition) is 0. The third-order valence-electron chi connectivity index (χ3n) is 4.84. The number of pyridine rings is 1. The lowest BCUT2D eigenvalue weighted by atomic mass is 9.88. The quantitative estimate of drug-likeness (QED) is 0.838. The van der Waals surface area contributed by atoms with Gasteiger partial charge in [-0.15, -0.1) is 0 Å². The SMILES string of the molecule is CN1C2CC1CN(Cc1ccc(N3C=CC=NC3)nc1)C2. The maximum absolute atomic E-state index is 4.58. The summed E-state index contributed by atoms with van der Waals surface area (Å²) < 4.78 is 0. The first-order valence-electron chi connectivity index (χ1n) is 7.62. The van der Waals surface area contributed by atoms with Gasteiger partial charge in [0, 0.05) is 50.3 Å². The molecule has 4 aliphatic rings. The molecular formula is C16H21N5. The van der Waals surface area contributed by atoms with Gasteiger partial charge in [0.2, 0.25) is 0 Å². The molecule has 2 atom stereocenters. The Kier molecular flexibility index (Phi) is 3.24. The van der Waals surface area contributed by atoms with Gasteiger partial charge in [-0.3, -0.25) is 14.8 Å². The zero-order valence-corrected chi connectivity index (χ0v) is 12.4. The average Bonchev–Trinajstić information content (AvgIpc) is 2.56. The summed E-state index contributed by atoms with van der Waals surface area (Å²) in [5.41, 5.74) is 1.30. The van der Waals surface area contributed by atoms with Crippen molar-refractivity contribution in [3.05, 3.63) is 36.2 Å². The molecular weight excluding hydrogens is 262 g/mol. The molecule has 1 aromatic rings. The van der Waals surface area contributed by atoms with Crippen LogP contribution in [0.4, 0.5) is 5.82 Å². The largest absolute Gasteiger partial charge is 0.313 e. The van der Waals surface area contributed by atoms with Crippen molar-refractivity contribution in [3.63, 3.8) is 0 Å². The van der Waals surface area contributed by atoms with Crippen LogP contribution in [0.2, 0.25) is 0 Å². The molecule has 5 heterocycles. The molecule has 4 aliphatic heterocycles. The van der Waals surface area contributed by atoms with Crippen LogP contribution in [0.15, 0.2) is 35.6 Å². The number of anilines is 1. The Morgan fingerprint density at radius 3 is 2.71 bits per heavy atom. The Labute approximate surface area is 125 Å². The molecule has 0 aliphatic carbocycles. The first-order chi connectivity index (χ1) is 10.3. The predicted molar refractivity (Wildman–Crippen MR) is 84.4 cm³/mol. The molecule has 1 aromatic heterocycles. The van der Waals surface area contributed by atoms with Gasteiger partial charge in [-0.2, -0.15) is 0 Å². The van der Waals surface area contributed by atoms with Crippen LogP contribution in [0.1, 0.15) is 12.0 Å². The molecule has 5 rings (SSSR count). The summed E-state index contributed by atoms with van der Waals surface area (Å²) in [6.07, 6.45) is 9.17. The van der Waals surface area contributed by atoms with E-state index in [9.17, 15) is 0 Å². The van der Waals surface area contributed by atoms with Crippen LogP contribution in [-0.4, -0.2) is 59.9 Å². The number of fused-ring (bicyclic) bond motifs is 2. The van der Waals surface area contributed by atoms with E-state index in [4.69, 9.17) is 0 Å². The lowest BCUT2D eigenvalue weighted by Crippen LogP contribution is -2.66. The van der Waals surface area contributed by atoms with Crippen molar-refractivity contribution in [2.75, 3.05) is 31.7 Å². The van der Waals surface area contributed by atoms with E-state index >= 15 is 0 Å². The number of allylic oxidation sites excluding steroid dienone is 1. The van der Waals surface area contributed by atoms with Crippen molar-refractivity contribution >= 4 is 12.0 Å². The third kappa shape index (κ3) is 2.47. The number of aromatic nitrogens is 1. The molecule has 0 saturated carbocycles. The molecule has 110 valence electrons. The van der Waals surface area contributed by atoms with Crippen molar-refractivity contribution in [1.82, 2.24) is 14.8 Å². The Hall–Kier alpha value is -1.72. The predicted octanol–water partition coefficient (Wildman–Crippen LogP) is 1.33. The molecule has 2 bridgehead atoms. The number of likely N-dealkylation sites (N-methyl/N-ethyl adjacent to an activating group) is 1. The Morgan fingerprint density at radius 2 is 2.10 bits per heavy atom. The van der Waals surface area contributed by atoms with Crippen LogP contribution < -0.4 is 4.90 Å². The molecule has 21 heavy (non-hydrogen) atoms. The second-order valence-electron chi connectivity index (χ2n) is 6.21. The standard InChI is InChI=1S/C16H21N5/c1-19-14-7-15(19)11-20(10-14)9-13-3-4-16(18-8-13)21-6-2-5-17-12-21/h2-6,8,14-15H,7,9-12H2,1H3. The van der Waals surface area contributed by atoms with E-state index in [1.54, 1.807) is 0 Å². The summed E-state index contributed by atoms with van der Waals surface area (Å²) in [5.74, 6) is 0.966. The first-order valence-corrected chi connectivity index (χ1v) is 7.62. The lowest BCUT2D eigenvalue weighted by molar-refractivity contribution is -0.0532. The van der Waals surface area contributed by atoms with Crippen LogP contribution in [-0.2, 0) is 6.54 Å². The van der Waals surface area contributed by atoms with E-state index in [1.807, 2.05) is 24.7 Å². The second kappa shape index (κ2) is 5.24. The van der Waals surface area contributed by atoms with Gasteiger partial charge < -0.3 is 4.90 Å². The minimum absolute atomic E-state index is 0.657. The van der Waals surface area contributed by atoms with Gasteiger partial charge >= 0.3 is 0 Å². The van der Waals surface area contributed by atoms with Crippen LogP contribution in [0, 0.1) is 0 Å². The van der Waals surface area contributed by atoms with E-state index in [0.29, 0.717) is 6.67 Å². The molecule has 0 radical (unpaired) electrons. The monoisotopic (exact) mass is 283 g/mol. The molecule has 0 N–H and O–H groups in total. The number of nitrogens with zero attached hydrogens (tertiary/aromatic N) is 5. The average molecular weight is 283 g/mol. The van der Waals surface area contributed by atoms with Gasteiger partial charge in [-0.1, -0.05) is 6.07 Å². The van der Waals surface area contributed by atoms with Crippen LogP contribution in [0.25, 0.3) is 0 Å². The Morgan fingerprint density at radius 1 is 1.24 bits per heavy atom. The van der Waals surface area contributed by atoms with Crippen LogP contribution in [0.5, 0.6) is 0 Å². The smallest absolute Gasteiger partial charge is 0.134 e. The van der Waals surface area contributed by atoms with Gasteiger partial charge in [0.1, 0.15) is 12.5 Å². The van der Waals surface area contributed by atoms with Crippen molar-refractivity contribution in [2.24, 2.45) is 4.99 Å². The Balaban J connectivity index is 1.38. The number of piperidine rings is 1. The van der Waals surface area contributed by atoms with Crippen molar-refractivity contribution in [1.29, 1.82) is 0 Å². The molecule has 2 unspecified atom stereocenters. The molecule has 5 heteroatoms. The zero-order valence-electron chi connectivity index (χ0n) is 12.4. The van der Waals surface area contributed by atoms with Crippen molar-refractivity contribution < 1.29 is 0 Å². The molecule has 0 spiro atoms. The number of rotatable bonds is 3. The van der Waals surface area contributed by atoms with Crippen molar-refractivity contribution in [2.45, 2.75) is 25.0 Å². The van der Waals surface area contributed by atoms with E-state index in [0.717, 1.165) is 24.4 Å². The minimum atomic E-state index is 0.657. The fraction of sp³-hybridized carbons (Fsp3) is 0.500. The summed E-state index contributed by atoms with van der Waals surface area (Å²) in [5, 5.41) is 0. The molecule has 0 amide bonds. The maximum Gasteiger partial charge on any atom is 0.134 e. The highest BCUT2D eigenvalue weighted by atomic mass is 15.3. The van der Waals surface area contributed by atoms with Gasteiger partial charge in [0.15, 0.2) is 0 Å². The number of hydrogen-bond acceptors (Lipinski definition) is 5. The molecule has 0 aromatic carbocycles. The number of aliphatic imine (C=N–C) groups is 1. The lowest BCUT2D eigenvalue weighted by Gasteiger charge is -2.55. The fourth-order valence-corrected chi connectivity index (χ4v) is 3.49. The fourth-order valence-electron chi connectivity index (χ4n) is 3.49. The van der Waals surface area contributed by atoms with E-state index in [-0.39, 0.29) is 0 Å². The highest BCUT2D eigenvalue weighted by Gasteiger charge is 2.41. The van der Waals surface area contributed by atoms with E-state index < -0.39 is 0 Å². The maximum atomic E-state index is 4.58. The summed E-state index contributed by atoms with van der Waals surface area (Å²) in [7, 11) is 2.25. The van der Waals surface area contributed by atoms with Crippen LogP contribution >= 0.6 is 0 Å². The summed E-state index contributed by atoms with van der Waals surface area (Å²) >= 11 is 0. The van der Waals surface area contributed by atoms with Crippen molar-refractivity contribution in [3.8, 4) is 0 Å². The van der Waals surface area contributed by atoms with Crippen LogP contribution in [0.3, 0.4) is 0 Å². The van der Waals surface area contributed by atoms with Gasteiger partial charge in [0.25, 0.3) is 0 Å². The summed E-state index contributed by atoms with van der Waals surface area (Å²) in [6, 6.07) is 5.83. The van der Waals surface area contributed by atoms with E-state index in [1.165, 1.54) is 25.1 Å². The normalized spacial score (nSPS) is 28.7. The highest BCUT2D eigenvalue weighted by molar-refractivity contribution is 5.73. The van der Waals surface area contributed by atoms with Gasteiger partial charge in [-0.05, 0) is 31.2 Å². The van der Waals surface area contributed by atoms with E-state index in [2.05, 4.69) is 43.9 Å². The highest BCUT2D eigenvalue weighted by Crippen LogP contribution is 2.30.